The number of amides is 1. The first-order valence-electron chi connectivity index (χ1n) is 7.71. The Hall–Kier alpha value is -2.94. The average molecular weight is 343 g/mol. The molecule has 0 saturated carbocycles. The average Bonchev–Trinajstić information content (AvgIpc) is 2.49. The van der Waals surface area contributed by atoms with Crippen LogP contribution in [0.15, 0.2) is 24.3 Å². The Morgan fingerprint density at radius 1 is 1.12 bits per heavy atom. The number of rotatable bonds is 4. The molecule has 2 rings (SSSR count). The number of carbonyl (C=O) groups excluding carboxylic acids is 1. The van der Waals surface area contributed by atoms with Crippen molar-refractivity contribution < 1.29 is 13.6 Å². The fourth-order valence-electron chi connectivity index (χ4n) is 2.85. The van der Waals surface area contributed by atoms with E-state index < -0.39 is 11.6 Å². The summed E-state index contributed by atoms with van der Waals surface area (Å²) in [6.07, 6.45) is 0. The molecule has 130 valence electrons. The van der Waals surface area contributed by atoms with E-state index in [0.29, 0.717) is 5.69 Å². The molecule has 0 atom stereocenters. The number of hydrogen-bond acceptors (Lipinski definition) is 3. The van der Waals surface area contributed by atoms with Gasteiger partial charge in [0, 0.05) is 12.7 Å². The molecule has 0 saturated heterocycles. The lowest BCUT2D eigenvalue weighted by Crippen LogP contribution is -2.31. The van der Waals surface area contributed by atoms with Crippen molar-refractivity contribution in [1.29, 1.82) is 5.26 Å². The van der Waals surface area contributed by atoms with Crippen LogP contribution >= 0.6 is 0 Å². The van der Waals surface area contributed by atoms with Crippen LogP contribution in [-0.2, 0) is 4.79 Å². The molecule has 2 aromatic carbocycles. The van der Waals surface area contributed by atoms with Crippen molar-refractivity contribution in [2.75, 3.05) is 23.8 Å². The molecule has 0 aliphatic heterocycles. The first kappa shape index (κ1) is 18.4. The molecule has 1 amide bonds. The standard InChI is InChI=1S/C19H19F2N3O/c1-11-5-12(2)18(13(3)6-11)23-17(25)10-24(4)19-15(20)7-14(9-22)8-16(19)21/h5-8H,10H2,1-4H3,(H,23,25). The summed E-state index contributed by atoms with van der Waals surface area (Å²) in [4.78, 5) is 13.5. The Morgan fingerprint density at radius 3 is 2.12 bits per heavy atom. The second-order valence-corrected chi connectivity index (χ2v) is 6.08. The quantitative estimate of drug-likeness (QED) is 0.918. The minimum atomic E-state index is -0.880. The fourth-order valence-corrected chi connectivity index (χ4v) is 2.85. The summed E-state index contributed by atoms with van der Waals surface area (Å²) in [5, 5.41) is 11.5. The van der Waals surface area contributed by atoms with Crippen molar-refractivity contribution in [2.24, 2.45) is 0 Å². The van der Waals surface area contributed by atoms with Crippen LogP contribution in [0.4, 0.5) is 20.2 Å². The Morgan fingerprint density at radius 2 is 1.64 bits per heavy atom. The lowest BCUT2D eigenvalue weighted by molar-refractivity contribution is -0.114. The highest BCUT2D eigenvalue weighted by atomic mass is 19.1. The maximum Gasteiger partial charge on any atom is 0.243 e. The van der Waals surface area contributed by atoms with Crippen molar-refractivity contribution in [2.45, 2.75) is 20.8 Å². The van der Waals surface area contributed by atoms with E-state index in [-0.39, 0.29) is 23.7 Å². The van der Waals surface area contributed by atoms with Gasteiger partial charge < -0.3 is 10.2 Å². The van der Waals surface area contributed by atoms with Gasteiger partial charge in [-0.3, -0.25) is 4.79 Å². The van der Waals surface area contributed by atoms with Gasteiger partial charge in [-0.1, -0.05) is 17.7 Å². The predicted molar refractivity (Wildman–Crippen MR) is 93.6 cm³/mol. The number of anilines is 2. The van der Waals surface area contributed by atoms with Gasteiger partial charge in [0.2, 0.25) is 5.91 Å². The van der Waals surface area contributed by atoms with E-state index in [1.165, 1.54) is 11.9 Å². The van der Waals surface area contributed by atoms with E-state index in [9.17, 15) is 13.6 Å². The number of likely N-dealkylation sites (N-methyl/N-ethyl adjacent to an activating group) is 1. The van der Waals surface area contributed by atoms with Gasteiger partial charge in [0.1, 0.15) is 5.69 Å². The molecule has 4 nitrogen and oxygen atoms in total. The highest BCUT2D eigenvalue weighted by Gasteiger charge is 2.18. The molecule has 2 aromatic rings. The third-order valence-electron chi connectivity index (χ3n) is 3.85. The Labute approximate surface area is 145 Å². The van der Waals surface area contributed by atoms with Gasteiger partial charge in [0.15, 0.2) is 11.6 Å². The number of nitriles is 1. The highest BCUT2D eigenvalue weighted by molar-refractivity contribution is 5.95. The number of halogens is 2. The molecule has 0 aliphatic rings. The zero-order valence-corrected chi connectivity index (χ0v) is 14.6. The second kappa shape index (κ2) is 7.31. The first-order valence-corrected chi connectivity index (χ1v) is 7.71. The maximum atomic E-state index is 14.0. The molecule has 0 aromatic heterocycles. The summed E-state index contributed by atoms with van der Waals surface area (Å²) in [5.74, 6) is -2.15. The second-order valence-electron chi connectivity index (χ2n) is 6.08. The van der Waals surface area contributed by atoms with Gasteiger partial charge in [-0.15, -0.1) is 0 Å². The molecule has 0 heterocycles. The Balaban J connectivity index is 2.18. The smallest absolute Gasteiger partial charge is 0.243 e. The third kappa shape index (κ3) is 4.13. The first-order chi connectivity index (χ1) is 11.7. The van der Waals surface area contributed by atoms with Gasteiger partial charge in [-0.2, -0.15) is 5.26 Å². The molecule has 0 bridgehead atoms. The Bertz CT molecular complexity index is 825. The lowest BCUT2D eigenvalue weighted by atomic mass is 10.1. The van der Waals surface area contributed by atoms with Crippen LogP contribution in [0.3, 0.4) is 0 Å². The summed E-state index contributed by atoms with van der Waals surface area (Å²) in [6.45, 7) is 5.51. The molecule has 0 fully saturated rings. The number of benzene rings is 2. The van der Waals surface area contributed by atoms with Crippen LogP contribution in [0.5, 0.6) is 0 Å². The molecular formula is C19H19F2N3O. The normalized spacial score (nSPS) is 10.3. The van der Waals surface area contributed by atoms with Gasteiger partial charge >= 0.3 is 0 Å². The largest absolute Gasteiger partial charge is 0.361 e. The van der Waals surface area contributed by atoms with Crippen LogP contribution in [0.25, 0.3) is 0 Å². The van der Waals surface area contributed by atoms with Gasteiger partial charge in [-0.05, 0) is 44.0 Å². The molecule has 1 N–H and O–H groups in total. The highest BCUT2D eigenvalue weighted by Crippen LogP contribution is 2.25. The van der Waals surface area contributed by atoms with Crippen molar-refractivity contribution in [3.8, 4) is 6.07 Å². The van der Waals surface area contributed by atoms with E-state index >= 15 is 0 Å². The van der Waals surface area contributed by atoms with Gasteiger partial charge in [-0.25, -0.2) is 8.78 Å². The molecule has 0 aliphatic carbocycles. The summed E-state index contributed by atoms with van der Waals surface area (Å²) in [5.41, 5.74) is 3.18. The topological polar surface area (TPSA) is 56.1 Å². The van der Waals surface area contributed by atoms with Crippen LogP contribution in [0, 0.1) is 43.7 Å². The summed E-state index contributed by atoms with van der Waals surface area (Å²) in [7, 11) is 1.42. The fraction of sp³-hybridized carbons (Fsp3) is 0.263. The van der Waals surface area contributed by atoms with Crippen LogP contribution in [0.2, 0.25) is 0 Å². The van der Waals surface area contributed by atoms with Crippen molar-refractivity contribution >= 4 is 17.3 Å². The Kier molecular flexibility index (Phi) is 5.38. The van der Waals surface area contributed by atoms with E-state index in [1.54, 1.807) is 6.07 Å². The maximum absolute atomic E-state index is 14.0. The van der Waals surface area contributed by atoms with Crippen molar-refractivity contribution in [3.63, 3.8) is 0 Å². The minimum Gasteiger partial charge on any atom is -0.361 e. The number of nitrogens with zero attached hydrogens (tertiary/aromatic N) is 2. The molecule has 0 unspecified atom stereocenters. The SMILES string of the molecule is Cc1cc(C)c(NC(=O)CN(C)c2c(F)cc(C#N)cc2F)c(C)c1. The minimum absolute atomic E-state index is 0.109. The van der Waals surface area contributed by atoms with Crippen LogP contribution < -0.4 is 10.2 Å². The van der Waals surface area contributed by atoms with Crippen molar-refractivity contribution in [3.05, 3.63) is 58.2 Å². The van der Waals surface area contributed by atoms with Gasteiger partial charge in [0.25, 0.3) is 0 Å². The third-order valence-corrected chi connectivity index (χ3v) is 3.85. The van der Waals surface area contributed by atoms with Crippen LogP contribution in [-0.4, -0.2) is 19.5 Å². The molecule has 25 heavy (non-hydrogen) atoms. The summed E-state index contributed by atoms with van der Waals surface area (Å²) >= 11 is 0. The zero-order valence-electron chi connectivity index (χ0n) is 14.6. The molecular weight excluding hydrogens is 324 g/mol. The van der Waals surface area contributed by atoms with E-state index in [1.807, 2.05) is 32.9 Å². The van der Waals surface area contributed by atoms with E-state index in [4.69, 9.17) is 5.26 Å². The monoisotopic (exact) mass is 343 g/mol. The molecule has 0 spiro atoms. The van der Waals surface area contributed by atoms with E-state index in [2.05, 4.69) is 5.32 Å². The lowest BCUT2D eigenvalue weighted by Gasteiger charge is -2.21. The summed E-state index contributed by atoms with van der Waals surface area (Å²) in [6, 6.07) is 7.48. The van der Waals surface area contributed by atoms with Crippen LogP contribution in [0.1, 0.15) is 22.3 Å². The van der Waals surface area contributed by atoms with Crippen molar-refractivity contribution in [1.82, 2.24) is 0 Å². The van der Waals surface area contributed by atoms with Gasteiger partial charge in [0.05, 0.1) is 18.2 Å². The molecule has 0 radical (unpaired) electrons. The van der Waals surface area contributed by atoms with E-state index in [0.717, 1.165) is 28.8 Å². The number of carbonyl (C=O) groups is 1. The summed E-state index contributed by atoms with van der Waals surface area (Å²) < 4.78 is 28.1. The predicted octanol–water partition coefficient (Wildman–Crippen LogP) is 3.84. The molecule has 6 heteroatoms. The number of hydrogen-bond donors (Lipinski definition) is 1. The number of nitrogens with one attached hydrogen (secondary N) is 1. The zero-order chi connectivity index (χ0) is 18.7. The number of aryl methyl sites for hydroxylation is 3.